The van der Waals surface area contributed by atoms with Crippen molar-refractivity contribution in [3.63, 3.8) is 0 Å². The summed E-state index contributed by atoms with van der Waals surface area (Å²) in [4.78, 5) is 15.3. The molecule has 0 aliphatic heterocycles. The fourth-order valence-electron chi connectivity index (χ4n) is 3.09. The zero-order valence-electron chi connectivity index (χ0n) is 12.7. The summed E-state index contributed by atoms with van der Waals surface area (Å²) in [5, 5.41) is 11.5. The van der Waals surface area contributed by atoms with E-state index in [9.17, 15) is 9.90 Å². The maximum Gasteiger partial charge on any atom is 0.252 e. The molecule has 21 heavy (non-hydrogen) atoms. The number of hydrogen-bond acceptors (Lipinski definition) is 2. The summed E-state index contributed by atoms with van der Waals surface area (Å²) in [6, 6.07) is 7.84. The number of hydrogen-bond donors (Lipinski definition) is 2. The molecular weight excluding hydrogens is 262 g/mol. The van der Waals surface area contributed by atoms with Gasteiger partial charge in [-0.3, -0.25) is 4.79 Å². The Morgan fingerprint density at radius 1 is 1.29 bits per heavy atom. The number of aliphatic hydroxyl groups is 1. The number of fused-ring (bicyclic) bond motifs is 3. The molecule has 1 aliphatic rings. The number of H-pyrrole nitrogens is 1. The van der Waals surface area contributed by atoms with E-state index in [2.05, 4.69) is 4.98 Å². The molecule has 1 aromatic heterocycles. The summed E-state index contributed by atoms with van der Waals surface area (Å²) in [6.45, 7) is 6.06. The molecule has 3 rings (SSSR count). The van der Waals surface area contributed by atoms with Crippen molar-refractivity contribution in [1.82, 2.24) is 4.98 Å². The van der Waals surface area contributed by atoms with E-state index in [0.717, 1.165) is 22.0 Å². The number of benzene rings is 1. The summed E-state index contributed by atoms with van der Waals surface area (Å²) in [5.41, 5.74) is 2.40. The van der Waals surface area contributed by atoms with Crippen LogP contribution in [0.25, 0.3) is 17.0 Å². The highest BCUT2D eigenvalue weighted by Gasteiger charge is 2.31. The minimum absolute atomic E-state index is 0.0141. The third kappa shape index (κ3) is 2.42. The summed E-state index contributed by atoms with van der Waals surface area (Å²) in [7, 11) is 0. The van der Waals surface area contributed by atoms with Crippen LogP contribution < -0.4 is 5.56 Å². The van der Waals surface area contributed by atoms with Crippen LogP contribution in [0, 0.1) is 11.3 Å². The van der Waals surface area contributed by atoms with Crippen molar-refractivity contribution in [3.05, 3.63) is 51.8 Å². The molecule has 0 radical (unpaired) electrons. The summed E-state index contributed by atoms with van der Waals surface area (Å²) in [6.07, 6.45) is 4.16. The number of rotatable bonds is 1. The molecule has 2 N–H and O–H groups in total. The van der Waals surface area contributed by atoms with E-state index in [0.29, 0.717) is 6.42 Å². The lowest BCUT2D eigenvalue weighted by atomic mass is 9.76. The first-order chi connectivity index (χ1) is 9.88. The van der Waals surface area contributed by atoms with Crippen LogP contribution in [0.4, 0.5) is 0 Å². The fourth-order valence-corrected chi connectivity index (χ4v) is 3.09. The van der Waals surface area contributed by atoms with Crippen LogP contribution in [0.3, 0.4) is 0 Å². The van der Waals surface area contributed by atoms with Gasteiger partial charge >= 0.3 is 0 Å². The van der Waals surface area contributed by atoms with E-state index in [1.54, 1.807) is 0 Å². The van der Waals surface area contributed by atoms with Gasteiger partial charge in [0, 0.05) is 22.4 Å². The minimum Gasteiger partial charge on any atom is -0.392 e. The lowest BCUT2D eigenvalue weighted by Crippen LogP contribution is -2.36. The molecule has 1 aromatic carbocycles. The van der Waals surface area contributed by atoms with Gasteiger partial charge in [-0.15, -0.1) is 0 Å². The van der Waals surface area contributed by atoms with Crippen molar-refractivity contribution < 1.29 is 5.11 Å². The predicted octanol–water partition coefficient (Wildman–Crippen LogP) is 3.12. The molecule has 3 heteroatoms. The Balaban J connectivity index is 2.10. The highest BCUT2D eigenvalue weighted by Crippen LogP contribution is 2.33. The van der Waals surface area contributed by atoms with Crippen molar-refractivity contribution in [2.24, 2.45) is 11.3 Å². The van der Waals surface area contributed by atoms with Crippen LogP contribution in [-0.4, -0.2) is 16.2 Å². The van der Waals surface area contributed by atoms with Gasteiger partial charge in [-0.25, -0.2) is 0 Å². The summed E-state index contributed by atoms with van der Waals surface area (Å²) < 4.78 is 0. The quantitative estimate of drug-likeness (QED) is 0.845. The Labute approximate surface area is 124 Å². The second kappa shape index (κ2) is 4.85. The zero-order chi connectivity index (χ0) is 15.2. The lowest BCUT2D eigenvalue weighted by molar-refractivity contribution is 0.0279. The Hall–Kier alpha value is -1.87. The second-order valence-electron chi connectivity index (χ2n) is 6.93. The monoisotopic (exact) mass is 283 g/mol. The van der Waals surface area contributed by atoms with Gasteiger partial charge in [0.05, 0.1) is 6.10 Å². The standard InChI is InChI=1S/C18H21NO2/c1-18(2,3)16(20)11-8-9-12-13-6-4-5-7-15(13)19-17(21)14(12)10-11/h4-9,11,16,20H,10H2,1-3H3,(H,19,21)/t11-,16-/m0/s1. The first kappa shape index (κ1) is 14.1. The maximum absolute atomic E-state index is 12.3. The maximum atomic E-state index is 12.3. The molecule has 110 valence electrons. The van der Waals surface area contributed by atoms with Crippen molar-refractivity contribution >= 4 is 17.0 Å². The van der Waals surface area contributed by atoms with Crippen LogP contribution in [0.2, 0.25) is 0 Å². The molecule has 3 nitrogen and oxygen atoms in total. The Kier molecular flexibility index (Phi) is 3.25. The number of pyridine rings is 1. The molecular formula is C18H21NO2. The normalized spacial score (nSPS) is 19.5. The molecule has 2 atom stereocenters. The van der Waals surface area contributed by atoms with Gasteiger partial charge in [0.2, 0.25) is 0 Å². The topological polar surface area (TPSA) is 53.1 Å². The average molecular weight is 283 g/mol. The molecule has 0 spiro atoms. The Morgan fingerprint density at radius 2 is 2.00 bits per heavy atom. The lowest BCUT2D eigenvalue weighted by Gasteiger charge is -2.33. The number of aliphatic hydroxyl groups excluding tert-OH is 1. The van der Waals surface area contributed by atoms with E-state index in [-0.39, 0.29) is 16.9 Å². The highest BCUT2D eigenvalue weighted by atomic mass is 16.3. The van der Waals surface area contributed by atoms with Crippen LogP contribution >= 0.6 is 0 Å². The Morgan fingerprint density at radius 3 is 2.71 bits per heavy atom. The summed E-state index contributed by atoms with van der Waals surface area (Å²) in [5.74, 6) is -0.0141. The van der Waals surface area contributed by atoms with Gasteiger partial charge < -0.3 is 10.1 Å². The Bertz CT molecular complexity index is 765. The van der Waals surface area contributed by atoms with Crippen molar-refractivity contribution in [1.29, 1.82) is 0 Å². The molecule has 0 saturated carbocycles. The zero-order valence-corrected chi connectivity index (χ0v) is 12.7. The van der Waals surface area contributed by atoms with Crippen LogP contribution in [-0.2, 0) is 6.42 Å². The number of aromatic amines is 1. The van der Waals surface area contributed by atoms with E-state index < -0.39 is 6.10 Å². The van der Waals surface area contributed by atoms with Gasteiger partial charge in [-0.1, -0.05) is 51.1 Å². The number of aromatic nitrogens is 1. The molecule has 0 saturated heterocycles. The van der Waals surface area contributed by atoms with Crippen LogP contribution in [0.5, 0.6) is 0 Å². The smallest absolute Gasteiger partial charge is 0.252 e. The SMILES string of the molecule is CC(C)(C)[C@@H](O)[C@H]1C=Cc2c(c(=O)[nH]c3ccccc23)C1. The van der Waals surface area contributed by atoms with E-state index in [1.165, 1.54) is 0 Å². The summed E-state index contributed by atoms with van der Waals surface area (Å²) >= 11 is 0. The van der Waals surface area contributed by atoms with Gasteiger partial charge in [0.1, 0.15) is 0 Å². The minimum atomic E-state index is -0.465. The molecule has 1 aliphatic carbocycles. The molecule has 0 amide bonds. The van der Waals surface area contributed by atoms with Crippen LogP contribution in [0.15, 0.2) is 35.1 Å². The first-order valence-corrected chi connectivity index (χ1v) is 7.38. The second-order valence-corrected chi connectivity index (χ2v) is 6.93. The highest BCUT2D eigenvalue weighted by molar-refractivity contribution is 5.89. The van der Waals surface area contributed by atoms with E-state index in [1.807, 2.05) is 57.2 Å². The predicted molar refractivity (Wildman–Crippen MR) is 86.3 cm³/mol. The fraction of sp³-hybridized carbons (Fsp3) is 0.389. The molecule has 0 fully saturated rings. The van der Waals surface area contributed by atoms with Gasteiger partial charge in [0.25, 0.3) is 5.56 Å². The van der Waals surface area contributed by atoms with Crippen molar-refractivity contribution in [3.8, 4) is 0 Å². The third-order valence-corrected chi connectivity index (χ3v) is 4.31. The number of nitrogens with one attached hydrogen (secondary N) is 1. The molecule has 0 bridgehead atoms. The van der Waals surface area contributed by atoms with Crippen molar-refractivity contribution in [2.45, 2.75) is 33.3 Å². The van der Waals surface area contributed by atoms with Gasteiger partial charge in [0.15, 0.2) is 0 Å². The van der Waals surface area contributed by atoms with Crippen LogP contribution in [0.1, 0.15) is 31.9 Å². The van der Waals surface area contributed by atoms with E-state index >= 15 is 0 Å². The average Bonchev–Trinajstić information content (AvgIpc) is 2.45. The third-order valence-electron chi connectivity index (χ3n) is 4.31. The van der Waals surface area contributed by atoms with Gasteiger partial charge in [-0.2, -0.15) is 0 Å². The van der Waals surface area contributed by atoms with Crippen molar-refractivity contribution in [2.75, 3.05) is 0 Å². The molecule has 1 heterocycles. The molecule has 0 unspecified atom stereocenters. The number of para-hydroxylation sites is 1. The van der Waals surface area contributed by atoms with Gasteiger partial charge in [-0.05, 0) is 23.5 Å². The molecule has 2 aromatic rings. The first-order valence-electron chi connectivity index (χ1n) is 7.38. The van der Waals surface area contributed by atoms with E-state index in [4.69, 9.17) is 0 Å². The largest absolute Gasteiger partial charge is 0.392 e.